The maximum atomic E-state index is 5.86. The van der Waals surface area contributed by atoms with Crippen LogP contribution < -0.4 is 5.32 Å². The minimum absolute atomic E-state index is 0.215. The van der Waals surface area contributed by atoms with Gasteiger partial charge in [0.25, 0.3) is 0 Å². The summed E-state index contributed by atoms with van der Waals surface area (Å²) in [5.74, 6) is 0.993. The van der Waals surface area contributed by atoms with E-state index in [2.05, 4.69) is 31.3 Å². The molecule has 0 bridgehead atoms. The van der Waals surface area contributed by atoms with Gasteiger partial charge in [-0.1, -0.05) is 18.2 Å². The SMILES string of the molecule is CC1CCC(CNC(C)c2cc3ccccc3o2)O1. The number of nitrogens with one attached hydrogen (secondary N) is 1. The molecule has 1 fully saturated rings. The van der Waals surface area contributed by atoms with Crippen LogP contribution in [0.4, 0.5) is 0 Å². The number of furan rings is 1. The molecule has 3 heteroatoms. The third-order valence-corrected chi connectivity index (χ3v) is 3.84. The van der Waals surface area contributed by atoms with E-state index in [-0.39, 0.29) is 6.04 Å². The molecule has 1 saturated heterocycles. The summed E-state index contributed by atoms with van der Waals surface area (Å²) < 4.78 is 11.7. The van der Waals surface area contributed by atoms with Crippen LogP contribution in [0, 0.1) is 0 Å². The molecule has 3 atom stereocenters. The highest BCUT2D eigenvalue weighted by molar-refractivity contribution is 5.77. The first-order valence-corrected chi connectivity index (χ1v) is 7.09. The van der Waals surface area contributed by atoms with Crippen molar-refractivity contribution in [3.8, 4) is 0 Å². The Morgan fingerprint density at radius 1 is 1.32 bits per heavy atom. The Bertz CT molecular complexity index is 515. The number of hydrogen-bond acceptors (Lipinski definition) is 3. The number of rotatable bonds is 4. The van der Waals surface area contributed by atoms with E-state index in [4.69, 9.17) is 9.15 Å². The van der Waals surface area contributed by atoms with Crippen LogP contribution in [0.15, 0.2) is 34.7 Å². The normalized spacial score (nSPS) is 24.9. The molecule has 0 amide bonds. The van der Waals surface area contributed by atoms with Crippen molar-refractivity contribution < 1.29 is 9.15 Å². The van der Waals surface area contributed by atoms with Crippen LogP contribution >= 0.6 is 0 Å². The molecule has 1 aliphatic rings. The number of hydrogen-bond donors (Lipinski definition) is 1. The van der Waals surface area contributed by atoms with E-state index in [9.17, 15) is 0 Å². The first-order chi connectivity index (χ1) is 9.22. The summed E-state index contributed by atoms with van der Waals surface area (Å²) in [6.07, 6.45) is 3.09. The van der Waals surface area contributed by atoms with Gasteiger partial charge in [-0.25, -0.2) is 0 Å². The molecule has 1 aromatic heterocycles. The van der Waals surface area contributed by atoms with Gasteiger partial charge >= 0.3 is 0 Å². The summed E-state index contributed by atoms with van der Waals surface area (Å²) in [6.45, 7) is 5.17. The van der Waals surface area contributed by atoms with E-state index in [0.717, 1.165) is 29.7 Å². The topological polar surface area (TPSA) is 34.4 Å². The van der Waals surface area contributed by atoms with Crippen molar-refractivity contribution in [2.45, 2.75) is 44.9 Å². The fraction of sp³-hybridized carbons (Fsp3) is 0.500. The second-order valence-electron chi connectivity index (χ2n) is 5.46. The summed E-state index contributed by atoms with van der Waals surface area (Å²) >= 11 is 0. The molecule has 0 radical (unpaired) electrons. The maximum absolute atomic E-state index is 5.86. The highest BCUT2D eigenvalue weighted by Gasteiger charge is 2.22. The third kappa shape index (κ3) is 2.82. The minimum atomic E-state index is 0.215. The van der Waals surface area contributed by atoms with Crippen molar-refractivity contribution in [2.24, 2.45) is 0 Å². The van der Waals surface area contributed by atoms with E-state index < -0.39 is 0 Å². The Hall–Kier alpha value is -1.32. The van der Waals surface area contributed by atoms with Crippen LogP contribution in [-0.2, 0) is 4.74 Å². The third-order valence-electron chi connectivity index (χ3n) is 3.84. The van der Waals surface area contributed by atoms with Gasteiger partial charge in [0.05, 0.1) is 18.2 Å². The Morgan fingerprint density at radius 2 is 2.16 bits per heavy atom. The summed E-state index contributed by atoms with van der Waals surface area (Å²) in [5, 5.41) is 4.67. The average molecular weight is 259 g/mol. The Balaban J connectivity index is 1.61. The monoisotopic (exact) mass is 259 g/mol. The van der Waals surface area contributed by atoms with Gasteiger partial charge in [-0.15, -0.1) is 0 Å². The zero-order valence-electron chi connectivity index (χ0n) is 11.6. The highest BCUT2D eigenvalue weighted by Crippen LogP contribution is 2.24. The number of ether oxygens (including phenoxy) is 1. The molecule has 19 heavy (non-hydrogen) atoms. The van der Waals surface area contributed by atoms with Gasteiger partial charge in [0.15, 0.2) is 0 Å². The largest absolute Gasteiger partial charge is 0.459 e. The zero-order chi connectivity index (χ0) is 13.2. The van der Waals surface area contributed by atoms with E-state index in [1.165, 1.54) is 6.42 Å². The lowest BCUT2D eigenvalue weighted by Crippen LogP contribution is -2.29. The molecular formula is C16H21NO2. The molecule has 3 rings (SSSR count). The van der Waals surface area contributed by atoms with Gasteiger partial charge in [0, 0.05) is 11.9 Å². The van der Waals surface area contributed by atoms with Crippen molar-refractivity contribution in [1.82, 2.24) is 5.32 Å². The molecule has 102 valence electrons. The van der Waals surface area contributed by atoms with Crippen LogP contribution in [0.5, 0.6) is 0 Å². The van der Waals surface area contributed by atoms with E-state index in [1.807, 2.05) is 18.2 Å². The zero-order valence-corrected chi connectivity index (χ0v) is 11.6. The molecule has 1 aliphatic heterocycles. The molecule has 0 spiro atoms. The first-order valence-electron chi connectivity index (χ1n) is 7.09. The average Bonchev–Trinajstić information content (AvgIpc) is 3.01. The van der Waals surface area contributed by atoms with Crippen molar-refractivity contribution in [3.05, 3.63) is 36.1 Å². The summed E-state index contributed by atoms with van der Waals surface area (Å²) in [4.78, 5) is 0. The lowest BCUT2D eigenvalue weighted by Gasteiger charge is -2.15. The maximum Gasteiger partial charge on any atom is 0.134 e. The summed E-state index contributed by atoms with van der Waals surface area (Å²) in [7, 11) is 0. The second-order valence-corrected chi connectivity index (χ2v) is 5.46. The highest BCUT2D eigenvalue weighted by atomic mass is 16.5. The van der Waals surface area contributed by atoms with E-state index in [0.29, 0.717) is 12.2 Å². The van der Waals surface area contributed by atoms with Crippen LogP contribution in [0.25, 0.3) is 11.0 Å². The number of fused-ring (bicyclic) bond motifs is 1. The molecule has 1 aromatic carbocycles. The van der Waals surface area contributed by atoms with E-state index in [1.54, 1.807) is 0 Å². The Labute approximate surface area is 113 Å². The predicted molar refractivity (Wildman–Crippen MR) is 76.2 cm³/mol. The van der Waals surface area contributed by atoms with Crippen LogP contribution in [0.2, 0.25) is 0 Å². The lowest BCUT2D eigenvalue weighted by molar-refractivity contribution is 0.0543. The summed E-state index contributed by atoms with van der Waals surface area (Å²) in [6, 6.07) is 10.5. The van der Waals surface area contributed by atoms with Crippen molar-refractivity contribution >= 4 is 11.0 Å². The van der Waals surface area contributed by atoms with Gasteiger partial charge in [0.1, 0.15) is 11.3 Å². The van der Waals surface area contributed by atoms with Crippen molar-refractivity contribution in [3.63, 3.8) is 0 Å². The molecule has 0 aliphatic carbocycles. The fourth-order valence-electron chi connectivity index (χ4n) is 2.66. The van der Waals surface area contributed by atoms with Crippen LogP contribution in [0.3, 0.4) is 0 Å². The molecule has 3 unspecified atom stereocenters. The van der Waals surface area contributed by atoms with Gasteiger partial charge in [-0.05, 0) is 38.8 Å². The Morgan fingerprint density at radius 3 is 2.89 bits per heavy atom. The molecule has 1 N–H and O–H groups in total. The van der Waals surface area contributed by atoms with Crippen LogP contribution in [-0.4, -0.2) is 18.8 Å². The van der Waals surface area contributed by atoms with Gasteiger partial charge in [-0.2, -0.15) is 0 Å². The lowest BCUT2D eigenvalue weighted by atomic mass is 10.2. The number of benzene rings is 1. The minimum Gasteiger partial charge on any atom is -0.459 e. The molecule has 0 saturated carbocycles. The molecule has 2 heterocycles. The number of para-hydroxylation sites is 1. The van der Waals surface area contributed by atoms with Gasteiger partial charge < -0.3 is 14.5 Å². The standard InChI is InChI=1S/C16H21NO2/c1-11-7-8-14(18-11)10-17-12(2)16-9-13-5-3-4-6-15(13)19-16/h3-6,9,11-12,14,17H,7-8,10H2,1-2H3. The smallest absolute Gasteiger partial charge is 0.134 e. The second kappa shape index (κ2) is 5.35. The van der Waals surface area contributed by atoms with Crippen molar-refractivity contribution in [2.75, 3.05) is 6.54 Å². The van der Waals surface area contributed by atoms with Crippen molar-refractivity contribution in [1.29, 1.82) is 0 Å². The molecule has 3 nitrogen and oxygen atoms in total. The van der Waals surface area contributed by atoms with Gasteiger partial charge in [0.2, 0.25) is 0 Å². The Kier molecular flexibility index (Phi) is 3.58. The van der Waals surface area contributed by atoms with E-state index >= 15 is 0 Å². The first kappa shape index (κ1) is 12.7. The van der Waals surface area contributed by atoms with Gasteiger partial charge in [-0.3, -0.25) is 0 Å². The van der Waals surface area contributed by atoms with Crippen LogP contribution in [0.1, 0.15) is 38.5 Å². The predicted octanol–water partition coefficient (Wildman–Crippen LogP) is 3.65. The quantitative estimate of drug-likeness (QED) is 0.910. The fourth-order valence-corrected chi connectivity index (χ4v) is 2.66. The molecular weight excluding hydrogens is 238 g/mol. The molecule has 2 aromatic rings. The summed E-state index contributed by atoms with van der Waals surface area (Å²) in [5.41, 5.74) is 0.955.